The number of rotatable bonds is 5. The lowest BCUT2D eigenvalue weighted by molar-refractivity contribution is -0.140. The molecule has 1 aromatic rings. The Morgan fingerprint density at radius 1 is 1.56 bits per heavy atom. The van der Waals surface area contributed by atoms with Gasteiger partial charge in [0.15, 0.2) is 5.16 Å². The van der Waals surface area contributed by atoms with Crippen molar-refractivity contribution in [2.45, 2.75) is 25.4 Å². The molecule has 88 valence electrons. The van der Waals surface area contributed by atoms with Gasteiger partial charge in [0.05, 0.1) is 12.4 Å². The van der Waals surface area contributed by atoms with Gasteiger partial charge in [-0.05, 0) is 13.3 Å². The standard InChI is InChI=1S/C10H14N2O3S/c1-3-4-15-9(14)6-16-10-11-7(2)5-8(13)12-10/h5H,3-4,6H2,1-2H3,(H,11,12,13). The predicted octanol–water partition coefficient (Wildman–Crippen LogP) is 1.54. The van der Waals surface area contributed by atoms with Gasteiger partial charge in [0.25, 0.3) is 0 Å². The van der Waals surface area contributed by atoms with Gasteiger partial charge in [-0.3, -0.25) is 4.79 Å². The van der Waals surface area contributed by atoms with Crippen LogP contribution in [0.2, 0.25) is 0 Å². The van der Waals surface area contributed by atoms with Gasteiger partial charge in [-0.25, -0.2) is 4.98 Å². The lowest BCUT2D eigenvalue weighted by Gasteiger charge is -2.03. The van der Waals surface area contributed by atoms with E-state index < -0.39 is 0 Å². The molecule has 0 bridgehead atoms. The summed E-state index contributed by atoms with van der Waals surface area (Å²) >= 11 is 1.15. The topological polar surface area (TPSA) is 72.3 Å². The first-order valence-corrected chi connectivity index (χ1v) is 5.93. The predicted molar refractivity (Wildman–Crippen MR) is 60.4 cm³/mol. The molecule has 1 N–H and O–H groups in total. The third kappa shape index (κ3) is 4.48. The number of esters is 1. The summed E-state index contributed by atoms with van der Waals surface area (Å²) in [6.07, 6.45) is 0.804. The molecule has 0 fully saturated rings. The Kier molecular flexibility index (Phi) is 5.04. The number of carbonyl (C=O) groups excluding carboxylic acids is 1. The molecule has 0 aliphatic carbocycles. The number of ether oxygens (including phenoxy) is 1. The van der Waals surface area contributed by atoms with E-state index in [0.717, 1.165) is 18.2 Å². The Balaban J connectivity index is 2.45. The van der Waals surface area contributed by atoms with Crippen molar-refractivity contribution in [2.75, 3.05) is 12.4 Å². The molecule has 0 spiro atoms. The van der Waals surface area contributed by atoms with Crippen LogP contribution in [0.3, 0.4) is 0 Å². The molecule has 0 radical (unpaired) electrons. The van der Waals surface area contributed by atoms with Gasteiger partial charge in [0.1, 0.15) is 0 Å². The van der Waals surface area contributed by atoms with Gasteiger partial charge < -0.3 is 9.84 Å². The quantitative estimate of drug-likeness (QED) is 0.479. The fourth-order valence-electron chi connectivity index (χ4n) is 0.971. The van der Waals surface area contributed by atoms with Crippen LogP contribution in [0, 0.1) is 6.92 Å². The summed E-state index contributed by atoms with van der Waals surface area (Å²) in [6, 6.07) is 1.46. The number of thioether (sulfide) groups is 1. The zero-order chi connectivity index (χ0) is 12.0. The van der Waals surface area contributed by atoms with E-state index in [1.807, 2.05) is 6.92 Å². The zero-order valence-corrected chi connectivity index (χ0v) is 10.1. The fourth-order valence-corrected chi connectivity index (χ4v) is 1.67. The van der Waals surface area contributed by atoms with Crippen LogP contribution in [0.15, 0.2) is 11.2 Å². The molecular formula is C10H14N2O3S. The van der Waals surface area contributed by atoms with Crippen LogP contribution in [-0.4, -0.2) is 33.4 Å². The van der Waals surface area contributed by atoms with Crippen LogP contribution >= 0.6 is 11.8 Å². The van der Waals surface area contributed by atoms with Crippen LogP contribution in [0.25, 0.3) is 0 Å². The maximum absolute atomic E-state index is 11.2. The Morgan fingerprint density at radius 3 is 2.94 bits per heavy atom. The molecule has 0 saturated heterocycles. The van der Waals surface area contributed by atoms with E-state index in [-0.39, 0.29) is 17.6 Å². The highest BCUT2D eigenvalue weighted by Crippen LogP contribution is 2.16. The van der Waals surface area contributed by atoms with Crippen LogP contribution in [0.4, 0.5) is 0 Å². The van der Waals surface area contributed by atoms with Crippen molar-refractivity contribution >= 4 is 17.7 Å². The first-order chi connectivity index (χ1) is 7.61. The number of carbonyl (C=O) groups is 1. The largest absolute Gasteiger partial charge is 0.493 e. The third-order valence-electron chi connectivity index (χ3n) is 1.61. The highest BCUT2D eigenvalue weighted by atomic mass is 32.2. The van der Waals surface area contributed by atoms with Crippen LogP contribution < -0.4 is 0 Å². The minimum Gasteiger partial charge on any atom is -0.493 e. The third-order valence-corrected chi connectivity index (χ3v) is 2.43. The minimum atomic E-state index is -0.295. The average molecular weight is 242 g/mol. The van der Waals surface area contributed by atoms with Crippen LogP contribution in [0.5, 0.6) is 5.88 Å². The van der Waals surface area contributed by atoms with Crippen LogP contribution in [-0.2, 0) is 9.53 Å². The molecule has 0 atom stereocenters. The number of nitrogens with zero attached hydrogens (tertiary/aromatic N) is 2. The summed E-state index contributed by atoms with van der Waals surface area (Å²) in [4.78, 5) is 19.0. The van der Waals surface area contributed by atoms with E-state index in [9.17, 15) is 9.90 Å². The number of hydrogen-bond acceptors (Lipinski definition) is 6. The van der Waals surface area contributed by atoms with Crippen molar-refractivity contribution in [2.24, 2.45) is 0 Å². The van der Waals surface area contributed by atoms with E-state index in [1.165, 1.54) is 6.07 Å². The van der Waals surface area contributed by atoms with Crippen molar-refractivity contribution < 1.29 is 14.6 Å². The molecule has 0 aromatic carbocycles. The molecule has 1 aromatic heterocycles. The first kappa shape index (κ1) is 12.8. The summed E-state index contributed by atoms with van der Waals surface area (Å²) in [5.74, 6) is -0.225. The normalized spacial score (nSPS) is 10.1. The maximum Gasteiger partial charge on any atom is 0.316 e. The second-order valence-electron chi connectivity index (χ2n) is 3.16. The highest BCUT2D eigenvalue weighted by molar-refractivity contribution is 7.99. The summed E-state index contributed by atoms with van der Waals surface area (Å²) in [7, 11) is 0. The Hall–Kier alpha value is -1.30. The van der Waals surface area contributed by atoms with E-state index in [0.29, 0.717) is 17.5 Å². The van der Waals surface area contributed by atoms with E-state index in [4.69, 9.17) is 4.74 Å². The Bertz CT molecular complexity index is 351. The van der Waals surface area contributed by atoms with Crippen molar-refractivity contribution in [3.63, 3.8) is 0 Å². The monoisotopic (exact) mass is 242 g/mol. The SMILES string of the molecule is CCCOC(=O)CSc1nc(C)cc(O)n1. The molecule has 0 amide bonds. The molecule has 16 heavy (non-hydrogen) atoms. The zero-order valence-electron chi connectivity index (χ0n) is 9.27. The molecule has 5 nitrogen and oxygen atoms in total. The first-order valence-electron chi connectivity index (χ1n) is 4.95. The highest BCUT2D eigenvalue weighted by Gasteiger charge is 2.07. The summed E-state index contributed by atoms with van der Waals surface area (Å²) in [5.41, 5.74) is 0.664. The number of aromatic nitrogens is 2. The Morgan fingerprint density at radius 2 is 2.31 bits per heavy atom. The molecule has 0 aliphatic heterocycles. The lowest BCUT2D eigenvalue weighted by Crippen LogP contribution is -2.08. The molecule has 0 unspecified atom stereocenters. The molecule has 1 rings (SSSR count). The smallest absolute Gasteiger partial charge is 0.316 e. The van der Waals surface area contributed by atoms with Gasteiger partial charge in [-0.1, -0.05) is 18.7 Å². The molecule has 0 aliphatic rings. The van der Waals surface area contributed by atoms with E-state index >= 15 is 0 Å². The van der Waals surface area contributed by atoms with Gasteiger partial charge in [-0.15, -0.1) is 0 Å². The number of hydrogen-bond donors (Lipinski definition) is 1. The lowest BCUT2D eigenvalue weighted by atomic mass is 10.4. The van der Waals surface area contributed by atoms with Gasteiger partial charge >= 0.3 is 5.97 Å². The summed E-state index contributed by atoms with van der Waals surface area (Å²) < 4.78 is 4.90. The molecular weight excluding hydrogens is 228 g/mol. The van der Waals surface area contributed by atoms with Gasteiger partial charge in [0, 0.05) is 11.8 Å². The maximum atomic E-state index is 11.2. The second kappa shape index (κ2) is 6.32. The van der Waals surface area contributed by atoms with Crippen molar-refractivity contribution in [1.82, 2.24) is 9.97 Å². The van der Waals surface area contributed by atoms with Gasteiger partial charge in [-0.2, -0.15) is 4.98 Å². The summed E-state index contributed by atoms with van der Waals surface area (Å²) in [5, 5.41) is 9.60. The van der Waals surface area contributed by atoms with Gasteiger partial charge in [0.2, 0.25) is 5.88 Å². The number of aryl methyl sites for hydroxylation is 1. The minimum absolute atomic E-state index is 0.0862. The van der Waals surface area contributed by atoms with E-state index in [2.05, 4.69) is 9.97 Å². The molecule has 6 heteroatoms. The van der Waals surface area contributed by atoms with Crippen molar-refractivity contribution in [1.29, 1.82) is 0 Å². The molecule has 1 heterocycles. The second-order valence-corrected chi connectivity index (χ2v) is 4.10. The molecule has 0 saturated carbocycles. The van der Waals surface area contributed by atoms with Crippen molar-refractivity contribution in [3.8, 4) is 5.88 Å². The van der Waals surface area contributed by atoms with Crippen LogP contribution in [0.1, 0.15) is 19.0 Å². The van der Waals surface area contributed by atoms with E-state index in [1.54, 1.807) is 6.92 Å². The van der Waals surface area contributed by atoms with Crippen molar-refractivity contribution in [3.05, 3.63) is 11.8 Å². The Labute approximate surface area is 98.3 Å². The number of aromatic hydroxyl groups is 1. The average Bonchev–Trinajstić information content (AvgIpc) is 2.22. The fraction of sp³-hybridized carbons (Fsp3) is 0.500. The summed E-state index contributed by atoms with van der Waals surface area (Å²) in [6.45, 7) is 4.11.